The van der Waals surface area contributed by atoms with Crippen LogP contribution in [0.3, 0.4) is 0 Å². The third-order valence-corrected chi connectivity index (χ3v) is 1.87. The maximum atomic E-state index is 11.0. The number of aliphatic hydroxyl groups excluding tert-OH is 1. The summed E-state index contributed by atoms with van der Waals surface area (Å²) in [5.74, 6) is 0.0972. The van der Waals surface area contributed by atoms with Crippen molar-refractivity contribution in [3.05, 3.63) is 12.2 Å². The zero-order chi connectivity index (χ0) is 7.72. The molecule has 2 nitrogen and oxygen atoms in total. The third-order valence-electron chi connectivity index (χ3n) is 1.87. The number of rotatable bonds is 1. The normalized spacial score (nSPS) is 32.2. The van der Waals surface area contributed by atoms with Gasteiger partial charge in [-0.15, -0.1) is 0 Å². The summed E-state index contributed by atoms with van der Waals surface area (Å²) < 4.78 is 0. The maximum absolute atomic E-state index is 11.0. The minimum absolute atomic E-state index is 0.0579. The van der Waals surface area contributed by atoms with Gasteiger partial charge in [0.05, 0.1) is 12.0 Å². The Morgan fingerprint density at radius 2 is 2.20 bits per heavy atom. The monoisotopic (exact) mass is 140 g/mol. The molecule has 0 unspecified atom stereocenters. The highest BCUT2D eigenvalue weighted by Gasteiger charge is 2.30. The lowest BCUT2D eigenvalue weighted by atomic mass is 9.91. The Labute approximate surface area is 60.6 Å². The molecule has 0 spiro atoms. The molecule has 0 radical (unpaired) electrons. The van der Waals surface area contributed by atoms with E-state index in [2.05, 4.69) is 0 Å². The molecule has 0 bridgehead atoms. The van der Waals surface area contributed by atoms with Crippen LogP contribution >= 0.6 is 0 Å². The first kappa shape index (κ1) is 7.48. The zero-order valence-corrected chi connectivity index (χ0v) is 6.24. The molecule has 2 atom stereocenters. The van der Waals surface area contributed by atoms with Crippen LogP contribution in [0.1, 0.15) is 13.8 Å². The highest BCUT2D eigenvalue weighted by atomic mass is 16.3. The number of carbonyl (C=O) groups is 1. The second-order valence-electron chi connectivity index (χ2n) is 3.02. The molecule has 0 aromatic rings. The van der Waals surface area contributed by atoms with Gasteiger partial charge in [0.25, 0.3) is 0 Å². The molecule has 0 heterocycles. The van der Waals surface area contributed by atoms with Gasteiger partial charge in [0.15, 0.2) is 5.78 Å². The summed E-state index contributed by atoms with van der Waals surface area (Å²) in [7, 11) is 0. The number of aliphatic hydroxyl groups is 1. The lowest BCUT2D eigenvalue weighted by Crippen LogP contribution is -2.25. The Hall–Kier alpha value is -0.630. The molecular weight excluding hydrogens is 128 g/mol. The standard InChI is InChI=1S/C8H12O2/c1-5(2)8-6(9)3-4-7(8)10/h3-6,8-9H,1-2H3/t6-,8+/m1/s1. The topological polar surface area (TPSA) is 37.3 Å². The van der Waals surface area contributed by atoms with E-state index in [1.165, 1.54) is 6.08 Å². The summed E-state index contributed by atoms with van der Waals surface area (Å²) in [4.78, 5) is 11.0. The minimum Gasteiger partial charge on any atom is -0.388 e. The fourth-order valence-electron chi connectivity index (χ4n) is 1.32. The van der Waals surface area contributed by atoms with Gasteiger partial charge in [-0.2, -0.15) is 0 Å². The average Bonchev–Trinajstić information content (AvgIpc) is 2.11. The van der Waals surface area contributed by atoms with Crippen LogP contribution in [0.2, 0.25) is 0 Å². The molecule has 1 aliphatic rings. The number of allylic oxidation sites excluding steroid dienone is 1. The molecule has 0 saturated carbocycles. The SMILES string of the molecule is CC(C)[C@@H]1C(=O)C=C[C@H]1O. The van der Waals surface area contributed by atoms with E-state index in [4.69, 9.17) is 0 Å². The molecule has 0 fully saturated rings. The summed E-state index contributed by atoms with van der Waals surface area (Å²) in [5.41, 5.74) is 0. The molecule has 0 saturated heterocycles. The molecule has 0 aromatic carbocycles. The zero-order valence-electron chi connectivity index (χ0n) is 6.24. The molecule has 1 N–H and O–H groups in total. The van der Waals surface area contributed by atoms with Crippen molar-refractivity contribution in [2.24, 2.45) is 11.8 Å². The van der Waals surface area contributed by atoms with Crippen molar-refractivity contribution < 1.29 is 9.90 Å². The van der Waals surface area contributed by atoms with Crippen LogP contribution in [0.4, 0.5) is 0 Å². The van der Waals surface area contributed by atoms with Gasteiger partial charge in [0, 0.05) is 0 Å². The lowest BCUT2D eigenvalue weighted by molar-refractivity contribution is -0.120. The third kappa shape index (κ3) is 1.12. The van der Waals surface area contributed by atoms with E-state index >= 15 is 0 Å². The highest BCUT2D eigenvalue weighted by molar-refractivity contribution is 5.95. The molecule has 0 amide bonds. The van der Waals surface area contributed by atoms with Crippen molar-refractivity contribution in [2.75, 3.05) is 0 Å². The fourth-order valence-corrected chi connectivity index (χ4v) is 1.32. The number of carbonyl (C=O) groups excluding carboxylic acids is 1. The van der Waals surface area contributed by atoms with Crippen molar-refractivity contribution in [3.63, 3.8) is 0 Å². The summed E-state index contributed by atoms with van der Waals surface area (Å²) in [5, 5.41) is 9.22. The van der Waals surface area contributed by atoms with Gasteiger partial charge in [-0.25, -0.2) is 0 Å². The van der Waals surface area contributed by atoms with E-state index in [9.17, 15) is 9.90 Å². The molecule has 0 aliphatic heterocycles. The van der Waals surface area contributed by atoms with Crippen LogP contribution in [0, 0.1) is 11.8 Å². The van der Waals surface area contributed by atoms with E-state index in [1.807, 2.05) is 13.8 Å². The van der Waals surface area contributed by atoms with E-state index in [-0.39, 0.29) is 17.6 Å². The summed E-state index contributed by atoms with van der Waals surface area (Å²) in [6, 6.07) is 0. The Balaban J connectivity index is 2.69. The second kappa shape index (κ2) is 2.54. The van der Waals surface area contributed by atoms with E-state index < -0.39 is 6.10 Å². The fraction of sp³-hybridized carbons (Fsp3) is 0.625. The van der Waals surface area contributed by atoms with Gasteiger partial charge < -0.3 is 5.11 Å². The number of hydrogen-bond acceptors (Lipinski definition) is 2. The number of hydrogen-bond donors (Lipinski definition) is 1. The maximum Gasteiger partial charge on any atom is 0.161 e. The first-order valence-electron chi connectivity index (χ1n) is 3.53. The Morgan fingerprint density at radius 3 is 2.40 bits per heavy atom. The van der Waals surface area contributed by atoms with E-state index in [1.54, 1.807) is 6.08 Å². The summed E-state index contributed by atoms with van der Waals surface area (Å²) in [6.07, 6.45) is 2.48. The quantitative estimate of drug-likeness (QED) is 0.583. The van der Waals surface area contributed by atoms with Crippen molar-refractivity contribution in [2.45, 2.75) is 20.0 Å². The smallest absolute Gasteiger partial charge is 0.161 e. The first-order valence-corrected chi connectivity index (χ1v) is 3.53. The van der Waals surface area contributed by atoms with Crippen molar-refractivity contribution in [1.82, 2.24) is 0 Å². The molecule has 2 heteroatoms. The predicted molar refractivity (Wildman–Crippen MR) is 38.5 cm³/mol. The first-order chi connectivity index (χ1) is 4.63. The highest BCUT2D eigenvalue weighted by Crippen LogP contribution is 2.22. The minimum atomic E-state index is -0.549. The van der Waals surface area contributed by atoms with Crippen LogP contribution in [0.5, 0.6) is 0 Å². The van der Waals surface area contributed by atoms with Crippen molar-refractivity contribution in [3.8, 4) is 0 Å². The lowest BCUT2D eigenvalue weighted by Gasteiger charge is -2.16. The summed E-state index contributed by atoms with van der Waals surface area (Å²) in [6.45, 7) is 3.89. The van der Waals surface area contributed by atoms with Gasteiger partial charge in [0.1, 0.15) is 0 Å². The van der Waals surface area contributed by atoms with E-state index in [0.717, 1.165) is 0 Å². The Bertz CT molecular complexity index is 170. The van der Waals surface area contributed by atoms with Crippen LogP contribution in [0.25, 0.3) is 0 Å². The second-order valence-corrected chi connectivity index (χ2v) is 3.02. The van der Waals surface area contributed by atoms with Gasteiger partial charge in [-0.1, -0.05) is 19.9 Å². The van der Waals surface area contributed by atoms with Crippen LogP contribution in [-0.2, 0) is 4.79 Å². The Morgan fingerprint density at radius 1 is 1.60 bits per heavy atom. The van der Waals surface area contributed by atoms with Crippen LogP contribution in [-0.4, -0.2) is 17.0 Å². The molecule has 10 heavy (non-hydrogen) atoms. The van der Waals surface area contributed by atoms with Crippen molar-refractivity contribution >= 4 is 5.78 Å². The molecule has 56 valence electrons. The molecular formula is C8H12O2. The van der Waals surface area contributed by atoms with Crippen LogP contribution in [0.15, 0.2) is 12.2 Å². The molecule has 0 aromatic heterocycles. The molecule has 1 rings (SSSR count). The van der Waals surface area contributed by atoms with Gasteiger partial charge in [-0.05, 0) is 12.0 Å². The van der Waals surface area contributed by atoms with Gasteiger partial charge >= 0.3 is 0 Å². The predicted octanol–water partition coefficient (Wildman–Crippen LogP) is 0.758. The Kier molecular flexibility index (Phi) is 1.90. The van der Waals surface area contributed by atoms with Crippen LogP contribution < -0.4 is 0 Å². The summed E-state index contributed by atoms with van der Waals surface area (Å²) >= 11 is 0. The van der Waals surface area contributed by atoms with Crippen molar-refractivity contribution in [1.29, 1.82) is 0 Å². The van der Waals surface area contributed by atoms with E-state index in [0.29, 0.717) is 0 Å². The number of ketones is 1. The van der Waals surface area contributed by atoms with Gasteiger partial charge in [-0.3, -0.25) is 4.79 Å². The van der Waals surface area contributed by atoms with Gasteiger partial charge in [0.2, 0.25) is 0 Å². The largest absolute Gasteiger partial charge is 0.388 e. The molecule has 1 aliphatic carbocycles. The average molecular weight is 140 g/mol.